The molecular weight excluding hydrogens is 390 g/mol. The van der Waals surface area contributed by atoms with Crippen LogP contribution in [-0.4, -0.2) is 60.7 Å². The molecule has 0 spiro atoms. The highest BCUT2D eigenvalue weighted by molar-refractivity contribution is 7.89. The second kappa shape index (κ2) is 8.64. The Morgan fingerprint density at radius 3 is 2.41 bits per heavy atom. The fourth-order valence-corrected chi connectivity index (χ4v) is 4.37. The average molecular weight is 410 g/mol. The maximum atomic E-state index is 12.8. The summed E-state index contributed by atoms with van der Waals surface area (Å²) in [7, 11) is -3.59. The van der Waals surface area contributed by atoms with Crippen molar-refractivity contribution in [3.8, 4) is 0 Å². The van der Waals surface area contributed by atoms with Crippen LogP contribution >= 0.6 is 11.6 Å². The number of halogens is 1. The number of carbonyl (C=O) groups is 1. The molecule has 1 amide bonds. The molecule has 8 nitrogen and oxygen atoms in total. The normalized spacial score (nSPS) is 15.5. The Bertz CT molecular complexity index is 869. The van der Waals surface area contributed by atoms with Crippen molar-refractivity contribution in [1.29, 1.82) is 0 Å². The highest BCUT2D eigenvalue weighted by Gasteiger charge is 2.28. The van der Waals surface area contributed by atoms with Crippen LogP contribution in [0.15, 0.2) is 47.8 Å². The first-order valence-electron chi connectivity index (χ1n) is 8.48. The van der Waals surface area contributed by atoms with Crippen LogP contribution in [0.5, 0.6) is 0 Å². The van der Waals surface area contributed by atoms with E-state index in [0.29, 0.717) is 31.9 Å². The summed E-state index contributed by atoms with van der Waals surface area (Å²) in [5.74, 6) is 0.770. The van der Waals surface area contributed by atoms with E-state index in [4.69, 9.17) is 11.6 Å². The van der Waals surface area contributed by atoms with Gasteiger partial charge in [0.1, 0.15) is 5.82 Å². The molecule has 1 aromatic carbocycles. The van der Waals surface area contributed by atoms with Crippen molar-refractivity contribution in [2.75, 3.05) is 42.3 Å². The molecular formula is C17H20ClN5O3S. The summed E-state index contributed by atoms with van der Waals surface area (Å²) in [6.07, 6.45) is 5.09. The van der Waals surface area contributed by atoms with Crippen LogP contribution < -0.4 is 10.2 Å². The van der Waals surface area contributed by atoms with Crippen LogP contribution in [0.2, 0.25) is 0 Å². The predicted octanol–water partition coefficient (Wildman–Crippen LogP) is 1.55. The minimum Gasteiger partial charge on any atom is -0.353 e. The van der Waals surface area contributed by atoms with Gasteiger partial charge in [0.15, 0.2) is 0 Å². The SMILES string of the molecule is O=C(CCCl)Nc1ccc(S(=O)(=O)N2CCN(c3cnccn3)CC2)cc1. The number of piperazine rings is 1. The summed E-state index contributed by atoms with van der Waals surface area (Å²) >= 11 is 5.53. The first-order chi connectivity index (χ1) is 13.0. The number of carbonyl (C=O) groups excluding carboxylic acids is 1. The molecule has 27 heavy (non-hydrogen) atoms. The zero-order chi connectivity index (χ0) is 19.3. The Hall–Kier alpha value is -2.23. The molecule has 144 valence electrons. The Labute approximate surface area is 163 Å². The van der Waals surface area contributed by atoms with Crippen molar-refractivity contribution in [2.45, 2.75) is 11.3 Å². The molecule has 0 unspecified atom stereocenters. The van der Waals surface area contributed by atoms with Gasteiger partial charge in [-0.3, -0.25) is 9.78 Å². The zero-order valence-corrected chi connectivity index (χ0v) is 16.2. The van der Waals surface area contributed by atoms with E-state index in [1.54, 1.807) is 30.7 Å². The van der Waals surface area contributed by atoms with Crippen LogP contribution in [0, 0.1) is 0 Å². The lowest BCUT2D eigenvalue weighted by molar-refractivity contribution is -0.115. The fraction of sp³-hybridized carbons (Fsp3) is 0.353. The van der Waals surface area contributed by atoms with Gasteiger partial charge >= 0.3 is 0 Å². The van der Waals surface area contributed by atoms with E-state index in [2.05, 4.69) is 15.3 Å². The summed E-state index contributed by atoms with van der Waals surface area (Å²) in [5, 5.41) is 2.67. The molecule has 2 heterocycles. The molecule has 3 rings (SSSR count). The van der Waals surface area contributed by atoms with Crippen LogP contribution in [0.4, 0.5) is 11.5 Å². The second-order valence-electron chi connectivity index (χ2n) is 5.97. The van der Waals surface area contributed by atoms with Gasteiger partial charge in [0, 0.05) is 56.6 Å². The van der Waals surface area contributed by atoms with E-state index in [1.807, 2.05) is 4.90 Å². The van der Waals surface area contributed by atoms with Gasteiger partial charge in [-0.05, 0) is 24.3 Å². The lowest BCUT2D eigenvalue weighted by atomic mass is 10.3. The fourth-order valence-electron chi connectivity index (χ4n) is 2.78. The highest BCUT2D eigenvalue weighted by atomic mass is 35.5. The van der Waals surface area contributed by atoms with Gasteiger partial charge in [0.25, 0.3) is 0 Å². The van der Waals surface area contributed by atoms with Crippen molar-refractivity contribution in [2.24, 2.45) is 0 Å². The minimum atomic E-state index is -3.59. The van der Waals surface area contributed by atoms with E-state index >= 15 is 0 Å². The molecule has 0 bridgehead atoms. The molecule has 1 N–H and O–H groups in total. The molecule has 1 aliphatic heterocycles. The van der Waals surface area contributed by atoms with E-state index in [1.165, 1.54) is 16.4 Å². The molecule has 0 radical (unpaired) electrons. The summed E-state index contributed by atoms with van der Waals surface area (Å²) in [6, 6.07) is 6.16. The molecule has 0 saturated carbocycles. The van der Waals surface area contributed by atoms with Gasteiger partial charge in [-0.2, -0.15) is 4.31 Å². The quantitative estimate of drug-likeness (QED) is 0.727. The van der Waals surface area contributed by atoms with Crippen molar-refractivity contribution in [3.05, 3.63) is 42.9 Å². The van der Waals surface area contributed by atoms with Gasteiger partial charge in [0.2, 0.25) is 15.9 Å². The van der Waals surface area contributed by atoms with Crippen LogP contribution in [0.25, 0.3) is 0 Å². The van der Waals surface area contributed by atoms with E-state index in [-0.39, 0.29) is 23.1 Å². The first-order valence-corrected chi connectivity index (χ1v) is 10.4. The predicted molar refractivity (Wildman–Crippen MR) is 103 cm³/mol. The van der Waals surface area contributed by atoms with E-state index in [0.717, 1.165) is 5.82 Å². The number of alkyl halides is 1. The molecule has 0 aliphatic carbocycles. The summed E-state index contributed by atoms with van der Waals surface area (Å²) < 4.78 is 27.1. The Balaban J connectivity index is 1.64. The molecule has 2 aromatic rings. The van der Waals surface area contributed by atoms with Crippen LogP contribution in [-0.2, 0) is 14.8 Å². The van der Waals surface area contributed by atoms with Gasteiger partial charge in [0.05, 0.1) is 11.1 Å². The van der Waals surface area contributed by atoms with Crippen molar-refractivity contribution >= 4 is 39.0 Å². The standard InChI is InChI=1S/C17H20ClN5O3S/c18-6-5-17(24)21-14-1-3-15(4-2-14)27(25,26)23-11-9-22(10-12-23)16-13-19-7-8-20-16/h1-4,7-8,13H,5-6,9-12H2,(H,21,24). The molecule has 1 aliphatic rings. The molecule has 1 aromatic heterocycles. The number of rotatable bonds is 6. The van der Waals surface area contributed by atoms with E-state index < -0.39 is 10.0 Å². The third-order valence-corrected chi connectivity index (χ3v) is 6.31. The zero-order valence-electron chi connectivity index (χ0n) is 14.6. The Kier molecular flexibility index (Phi) is 6.25. The summed E-state index contributed by atoms with van der Waals surface area (Å²) in [6.45, 7) is 1.83. The highest BCUT2D eigenvalue weighted by Crippen LogP contribution is 2.21. The number of hydrogen-bond donors (Lipinski definition) is 1. The Morgan fingerprint density at radius 1 is 1.11 bits per heavy atom. The smallest absolute Gasteiger partial charge is 0.243 e. The molecule has 10 heteroatoms. The third-order valence-electron chi connectivity index (χ3n) is 4.21. The maximum absolute atomic E-state index is 12.8. The first kappa shape index (κ1) is 19.5. The van der Waals surface area contributed by atoms with Gasteiger partial charge in [-0.1, -0.05) is 0 Å². The number of hydrogen-bond acceptors (Lipinski definition) is 6. The number of aromatic nitrogens is 2. The number of anilines is 2. The topological polar surface area (TPSA) is 95.5 Å². The second-order valence-corrected chi connectivity index (χ2v) is 8.28. The van der Waals surface area contributed by atoms with Crippen molar-refractivity contribution < 1.29 is 13.2 Å². The van der Waals surface area contributed by atoms with Crippen LogP contribution in [0.3, 0.4) is 0 Å². The Morgan fingerprint density at radius 2 is 1.81 bits per heavy atom. The number of benzene rings is 1. The lowest BCUT2D eigenvalue weighted by Gasteiger charge is -2.34. The number of nitrogens with zero attached hydrogens (tertiary/aromatic N) is 4. The molecule has 0 atom stereocenters. The maximum Gasteiger partial charge on any atom is 0.243 e. The summed E-state index contributed by atoms with van der Waals surface area (Å²) in [5.41, 5.74) is 0.538. The number of amides is 1. The number of sulfonamides is 1. The largest absolute Gasteiger partial charge is 0.353 e. The summed E-state index contributed by atoms with van der Waals surface area (Å²) in [4.78, 5) is 22.1. The van der Waals surface area contributed by atoms with Gasteiger partial charge < -0.3 is 10.2 Å². The lowest BCUT2D eigenvalue weighted by Crippen LogP contribution is -2.48. The number of nitrogens with one attached hydrogen (secondary N) is 1. The minimum absolute atomic E-state index is 0.200. The monoisotopic (exact) mass is 409 g/mol. The van der Waals surface area contributed by atoms with E-state index in [9.17, 15) is 13.2 Å². The van der Waals surface area contributed by atoms with Gasteiger partial charge in [-0.25, -0.2) is 13.4 Å². The molecule has 1 saturated heterocycles. The third kappa shape index (κ3) is 4.74. The van der Waals surface area contributed by atoms with Gasteiger partial charge in [-0.15, -0.1) is 11.6 Å². The molecule has 1 fully saturated rings. The van der Waals surface area contributed by atoms with Crippen LogP contribution in [0.1, 0.15) is 6.42 Å². The van der Waals surface area contributed by atoms with Crippen molar-refractivity contribution in [3.63, 3.8) is 0 Å². The average Bonchev–Trinajstić information content (AvgIpc) is 2.69. The van der Waals surface area contributed by atoms with Crippen molar-refractivity contribution in [1.82, 2.24) is 14.3 Å².